The molecule has 2 N–H and O–H groups in total. The van der Waals surface area contributed by atoms with Crippen molar-refractivity contribution in [3.05, 3.63) is 59.7 Å². The van der Waals surface area contributed by atoms with E-state index in [1.165, 1.54) is 0 Å². The number of amides is 2. The molecule has 6 heteroatoms. The van der Waals surface area contributed by atoms with E-state index in [0.29, 0.717) is 42.4 Å². The molecule has 0 heterocycles. The Balaban J connectivity index is 1.87. The summed E-state index contributed by atoms with van der Waals surface area (Å²) >= 11 is 0. The number of nitrogens with one attached hydrogen (secondary N) is 2. The summed E-state index contributed by atoms with van der Waals surface area (Å²) < 4.78 is 10.8. The van der Waals surface area contributed by atoms with Crippen LogP contribution < -0.4 is 20.1 Å². The number of carbonyl (C=O) groups is 2. The second kappa shape index (κ2) is 10.2. The minimum atomic E-state index is -0.229. The largest absolute Gasteiger partial charge is 0.494 e. The van der Waals surface area contributed by atoms with E-state index in [0.717, 1.165) is 0 Å². The first kappa shape index (κ1) is 20.3. The van der Waals surface area contributed by atoms with Crippen molar-refractivity contribution in [3.8, 4) is 11.5 Å². The zero-order chi connectivity index (χ0) is 19.6. The highest BCUT2D eigenvalue weighted by Gasteiger charge is 2.13. The van der Waals surface area contributed by atoms with Crippen LogP contribution in [0.15, 0.2) is 48.5 Å². The van der Waals surface area contributed by atoms with Gasteiger partial charge in [-0.1, -0.05) is 12.1 Å². The molecule has 2 rings (SSSR count). The first-order valence-electron chi connectivity index (χ1n) is 9.08. The van der Waals surface area contributed by atoms with Crippen LogP contribution in [-0.4, -0.2) is 37.6 Å². The fraction of sp³-hybridized carbons (Fsp3) is 0.333. The number of rotatable bonds is 9. The third-order valence-electron chi connectivity index (χ3n) is 3.76. The van der Waals surface area contributed by atoms with Gasteiger partial charge in [-0.2, -0.15) is 0 Å². The van der Waals surface area contributed by atoms with Gasteiger partial charge >= 0.3 is 0 Å². The molecule has 0 radical (unpaired) electrons. The van der Waals surface area contributed by atoms with E-state index in [-0.39, 0.29) is 17.9 Å². The maximum Gasteiger partial charge on any atom is 0.251 e. The van der Waals surface area contributed by atoms with Crippen LogP contribution in [-0.2, 0) is 0 Å². The van der Waals surface area contributed by atoms with Crippen molar-refractivity contribution in [2.75, 3.05) is 19.8 Å². The van der Waals surface area contributed by atoms with E-state index in [4.69, 9.17) is 9.47 Å². The van der Waals surface area contributed by atoms with Crippen LogP contribution in [0.2, 0.25) is 0 Å². The molecule has 0 spiro atoms. The van der Waals surface area contributed by atoms with Gasteiger partial charge in [0.05, 0.1) is 13.2 Å². The monoisotopic (exact) mass is 370 g/mol. The maximum absolute atomic E-state index is 12.3. The number of hydrogen-bond donors (Lipinski definition) is 2. The Hall–Kier alpha value is -3.02. The highest BCUT2D eigenvalue weighted by molar-refractivity contribution is 5.95. The van der Waals surface area contributed by atoms with Crippen LogP contribution in [0.1, 0.15) is 41.5 Å². The standard InChI is InChI=1S/C21H26N2O4/c1-4-26-18-10-6-8-16(12-18)20(24)22-14-15(3)23-21(25)17-9-7-11-19(13-17)27-5-2/h6-13,15H,4-5,14H2,1-3H3,(H,22,24)(H,23,25). The van der Waals surface area contributed by atoms with Gasteiger partial charge in [-0.05, 0) is 57.2 Å². The maximum atomic E-state index is 12.3. The molecule has 0 saturated heterocycles. The average molecular weight is 370 g/mol. The molecule has 1 atom stereocenters. The lowest BCUT2D eigenvalue weighted by Crippen LogP contribution is -2.41. The van der Waals surface area contributed by atoms with Gasteiger partial charge < -0.3 is 20.1 Å². The molecule has 2 amide bonds. The van der Waals surface area contributed by atoms with E-state index in [2.05, 4.69) is 10.6 Å². The average Bonchev–Trinajstić information content (AvgIpc) is 2.67. The van der Waals surface area contributed by atoms with Gasteiger partial charge in [0, 0.05) is 23.7 Å². The number of carbonyl (C=O) groups excluding carboxylic acids is 2. The van der Waals surface area contributed by atoms with Crippen molar-refractivity contribution in [2.24, 2.45) is 0 Å². The number of hydrogen-bond acceptors (Lipinski definition) is 4. The summed E-state index contributed by atoms with van der Waals surface area (Å²) in [5.74, 6) is 0.883. The molecule has 6 nitrogen and oxygen atoms in total. The Kier molecular flexibility index (Phi) is 7.67. The van der Waals surface area contributed by atoms with Gasteiger partial charge in [-0.3, -0.25) is 9.59 Å². The molecule has 2 aromatic carbocycles. The van der Waals surface area contributed by atoms with E-state index < -0.39 is 0 Å². The van der Waals surface area contributed by atoms with Crippen LogP contribution in [0, 0.1) is 0 Å². The minimum Gasteiger partial charge on any atom is -0.494 e. The second-order valence-electron chi connectivity index (χ2n) is 6.01. The van der Waals surface area contributed by atoms with Gasteiger partial charge in [-0.15, -0.1) is 0 Å². The normalized spacial score (nSPS) is 11.4. The fourth-order valence-corrected chi connectivity index (χ4v) is 2.49. The fourth-order valence-electron chi connectivity index (χ4n) is 2.49. The van der Waals surface area contributed by atoms with Gasteiger partial charge in [0.25, 0.3) is 11.8 Å². The molecule has 144 valence electrons. The van der Waals surface area contributed by atoms with Crippen molar-refractivity contribution >= 4 is 11.8 Å². The zero-order valence-corrected chi connectivity index (χ0v) is 16.0. The van der Waals surface area contributed by atoms with E-state index >= 15 is 0 Å². The molecule has 1 unspecified atom stereocenters. The lowest BCUT2D eigenvalue weighted by molar-refractivity contribution is 0.0912. The van der Waals surface area contributed by atoms with Crippen LogP contribution in [0.4, 0.5) is 0 Å². The molecular formula is C21H26N2O4. The SMILES string of the molecule is CCOc1cccc(C(=O)NCC(C)NC(=O)c2cccc(OCC)c2)c1. The predicted octanol–water partition coefficient (Wildman–Crippen LogP) is 3.03. The van der Waals surface area contributed by atoms with E-state index in [9.17, 15) is 9.59 Å². The molecule has 0 saturated carbocycles. The Morgan fingerprint density at radius 3 is 1.93 bits per heavy atom. The molecule has 27 heavy (non-hydrogen) atoms. The predicted molar refractivity (Wildman–Crippen MR) is 104 cm³/mol. The van der Waals surface area contributed by atoms with Gasteiger partial charge in [-0.25, -0.2) is 0 Å². The molecule has 0 bridgehead atoms. The van der Waals surface area contributed by atoms with Crippen molar-refractivity contribution < 1.29 is 19.1 Å². The van der Waals surface area contributed by atoms with Crippen molar-refractivity contribution in [1.82, 2.24) is 10.6 Å². The first-order valence-corrected chi connectivity index (χ1v) is 9.08. The summed E-state index contributed by atoms with van der Waals surface area (Å²) in [6.45, 7) is 7.01. The number of ether oxygens (including phenoxy) is 2. The van der Waals surface area contributed by atoms with E-state index in [1.807, 2.05) is 20.8 Å². The molecule has 0 aliphatic heterocycles. The smallest absolute Gasteiger partial charge is 0.251 e. The van der Waals surface area contributed by atoms with E-state index in [1.54, 1.807) is 48.5 Å². The quantitative estimate of drug-likeness (QED) is 0.711. The lowest BCUT2D eigenvalue weighted by atomic mass is 10.1. The van der Waals surface area contributed by atoms with Crippen molar-refractivity contribution in [2.45, 2.75) is 26.8 Å². The summed E-state index contributed by atoms with van der Waals surface area (Å²) in [6, 6.07) is 13.8. The molecular weight excluding hydrogens is 344 g/mol. The van der Waals surface area contributed by atoms with Crippen LogP contribution >= 0.6 is 0 Å². The Bertz CT molecular complexity index is 776. The van der Waals surface area contributed by atoms with Crippen LogP contribution in [0.25, 0.3) is 0 Å². The first-order chi connectivity index (χ1) is 13.0. The molecule has 2 aromatic rings. The Morgan fingerprint density at radius 2 is 1.41 bits per heavy atom. The lowest BCUT2D eigenvalue weighted by Gasteiger charge is -2.15. The van der Waals surface area contributed by atoms with Gasteiger partial charge in [0.15, 0.2) is 0 Å². The highest BCUT2D eigenvalue weighted by atomic mass is 16.5. The molecule has 0 aromatic heterocycles. The molecule has 0 aliphatic carbocycles. The molecule has 0 aliphatic rings. The minimum absolute atomic E-state index is 0.211. The van der Waals surface area contributed by atoms with Gasteiger partial charge in [0.1, 0.15) is 11.5 Å². The summed E-state index contributed by atoms with van der Waals surface area (Å²) in [4.78, 5) is 24.6. The highest BCUT2D eigenvalue weighted by Crippen LogP contribution is 2.14. The van der Waals surface area contributed by atoms with Crippen molar-refractivity contribution in [1.29, 1.82) is 0 Å². The topological polar surface area (TPSA) is 76.7 Å². The number of benzene rings is 2. The summed E-state index contributed by atoms with van der Waals surface area (Å²) in [6.07, 6.45) is 0. The summed E-state index contributed by atoms with van der Waals surface area (Å²) in [5.41, 5.74) is 1.03. The summed E-state index contributed by atoms with van der Waals surface area (Å²) in [7, 11) is 0. The molecule has 0 fully saturated rings. The van der Waals surface area contributed by atoms with Crippen LogP contribution in [0.3, 0.4) is 0 Å². The van der Waals surface area contributed by atoms with Crippen LogP contribution in [0.5, 0.6) is 11.5 Å². The van der Waals surface area contributed by atoms with Crippen molar-refractivity contribution in [3.63, 3.8) is 0 Å². The zero-order valence-electron chi connectivity index (χ0n) is 16.0. The third-order valence-corrected chi connectivity index (χ3v) is 3.76. The third kappa shape index (κ3) is 6.33. The Morgan fingerprint density at radius 1 is 0.889 bits per heavy atom. The summed E-state index contributed by atoms with van der Waals surface area (Å²) in [5, 5.41) is 5.69. The van der Waals surface area contributed by atoms with Gasteiger partial charge in [0.2, 0.25) is 0 Å². The second-order valence-corrected chi connectivity index (χ2v) is 6.01. The Labute approximate surface area is 159 Å².